The van der Waals surface area contributed by atoms with Gasteiger partial charge in [0.2, 0.25) is 0 Å². The molecule has 0 bridgehead atoms. The molecule has 0 aliphatic carbocycles. The molecular formula is C65H83N18NaO9S4. The number of aromatic nitrogens is 12. The number of nitrogens with one attached hydrogen (secondary N) is 2. The Morgan fingerprint density at radius 3 is 1.23 bits per heavy atom. The van der Waals surface area contributed by atoms with E-state index in [4.69, 9.17) is 29.2 Å². The molecule has 10 aromatic rings. The van der Waals surface area contributed by atoms with Crippen molar-refractivity contribution in [3.63, 3.8) is 0 Å². The maximum absolute atomic E-state index is 13.4. The number of rotatable bonds is 14. The number of pyridine rings is 3. The summed E-state index contributed by atoms with van der Waals surface area (Å²) in [5.41, 5.74) is 5.12. The van der Waals surface area contributed by atoms with Gasteiger partial charge in [0.1, 0.15) is 28.7 Å². The number of hydrogen-bond donors (Lipinski definition) is 2. The van der Waals surface area contributed by atoms with Crippen LogP contribution in [0, 0.1) is 6.92 Å². The van der Waals surface area contributed by atoms with Crippen LogP contribution >= 0.6 is 0 Å². The topological polar surface area (TPSA) is 342 Å². The van der Waals surface area contributed by atoms with Gasteiger partial charge in [0, 0.05) is 144 Å². The van der Waals surface area contributed by atoms with Gasteiger partial charge in [0.05, 0.1) is 91.8 Å². The molecule has 27 nitrogen and oxygen atoms in total. The molecule has 3 aliphatic heterocycles. The fourth-order valence-corrected chi connectivity index (χ4v) is 13.9. The smallest absolute Gasteiger partial charge is 0.870 e. The van der Waals surface area contributed by atoms with Gasteiger partial charge in [-0.3, -0.25) is 0 Å². The first-order valence-electron chi connectivity index (χ1n) is 31.0. The van der Waals surface area contributed by atoms with Crippen molar-refractivity contribution in [1.29, 1.82) is 0 Å². The number of hydrogen-bond acceptors (Lipinski definition) is 24. The van der Waals surface area contributed by atoms with Crippen molar-refractivity contribution in [3.05, 3.63) is 122 Å². The minimum Gasteiger partial charge on any atom is -0.870 e. The Kier molecular flexibility index (Phi) is 24.9. The number of fused-ring (bicyclic) bond motifs is 3. The fraction of sp³-hybridized carbons (Fsp3) is 0.400. The zero-order valence-corrected chi connectivity index (χ0v) is 61.0. The van der Waals surface area contributed by atoms with E-state index in [9.17, 15) is 21.0 Å². The Labute approximate surface area is 589 Å². The van der Waals surface area contributed by atoms with Gasteiger partial charge in [-0.2, -0.15) is 13.1 Å². The van der Waals surface area contributed by atoms with Crippen LogP contribution in [0.15, 0.2) is 134 Å². The van der Waals surface area contributed by atoms with Crippen LogP contribution < -0.4 is 44.3 Å². The van der Waals surface area contributed by atoms with Crippen LogP contribution in [0.2, 0.25) is 0 Å². The molecule has 0 radical (unpaired) electrons. The number of H-pyrrole nitrogens is 2. The van der Waals surface area contributed by atoms with Gasteiger partial charge in [0.15, 0.2) is 40.6 Å². The SMILES string of the molecule is C.CCS(C)(=O)=Nc1cc(N2CCOC[C@H]2C)nc(-c2ccnc3c2ccn3S(=O)(=O)c2ccc(C)cc2)n1.CC[S@@](C)(=O)=Nc1cc(N2CCOC[C@H]2C)nc(-c2ccnc3[nH]ccc23)n1.CC[S@](C)(=O)=Nc1cc(N2CCOC[C@H]2C)nc(-c2ccnc3[nH]ccc23)n1.[Na+].[OH-]. The summed E-state index contributed by atoms with van der Waals surface area (Å²) in [4.78, 5) is 54.4. The Balaban J connectivity index is 0.000000186. The second-order valence-corrected chi connectivity index (χ2v) is 33.2. The molecule has 3 saturated heterocycles. The zero-order valence-electron chi connectivity index (χ0n) is 55.7. The van der Waals surface area contributed by atoms with E-state index in [1.807, 2.05) is 83.4 Å². The third-order valence-corrected chi connectivity index (χ3v) is 22.9. The van der Waals surface area contributed by atoms with Crippen molar-refractivity contribution < 1.29 is 70.3 Å². The summed E-state index contributed by atoms with van der Waals surface area (Å²) in [6, 6.07) is 23.7. The summed E-state index contributed by atoms with van der Waals surface area (Å²) in [6.07, 6.45) is 15.1. The van der Waals surface area contributed by atoms with Crippen LogP contribution in [0.1, 0.15) is 54.5 Å². The van der Waals surface area contributed by atoms with Crippen molar-refractivity contribution in [1.82, 2.24) is 58.8 Å². The number of anilines is 3. The number of nitrogens with zero attached hydrogens (tertiary/aromatic N) is 16. The fourth-order valence-electron chi connectivity index (χ4n) is 10.7. The number of benzene rings is 1. The molecule has 512 valence electrons. The Morgan fingerprint density at radius 1 is 0.505 bits per heavy atom. The molecule has 0 spiro atoms. The molecule has 1 aromatic carbocycles. The minimum atomic E-state index is -3.87. The molecule has 6 atom stereocenters. The van der Waals surface area contributed by atoms with E-state index in [1.54, 1.807) is 73.6 Å². The molecular weight excluding hydrogens is 1330 g/mol. The average Bonchev–Trinajstić information content (AvgIpc) is 1.67. The molecule has 12 heterocycles. The second kappa shape index (κ2) is 32.1. The van der Waals surface area contributed by atoms with Gasteiger partial charge < -0.3 is 44.4 Å². The van der Waals surface area contributed by atoms with Gasteiger partial charge in [-0.15, -0.1) is 0 Å². The van der Waals surface area contributed by atoms with E-state index in [-0.39, 0.29) is 71.1 Å². The van der Waals surface area contributed by atoms with Crippen LogP contribution in [0.4, 0.5) is 34.9 Å². The predicted octanol–water partition coefficient (Wildman–Crippen LogP) is 7.46. The normalized spacial score (nSPS) is 18.3. The third kappa shape index (κ3) is 17.5. The quantitative estimate of drug-likeness (QED) is 0.0997. The molecule has 1 unspecified atom stereocenters. The number of aryl methyl sites for hydroxylation is 1. The second-order valence-electron chi connectivity index (χ2n) is 23.3. The molecule has 32 heteroatoms. The molecule has 9 aromatic heterocycles. The Bertz CT molecular complexity index is 4750. The Morgan fingerprint density at radius 2 is 0.866 bits per heavy atom. The van der Waals surface area contributed by atoms with Crippen molar-refractivity contribution in [2.24, 2.45) is 13.1 Å². The van der Waals surface area contributed by atoms with Gasteiger partial charge in [-0.1, -0.05) is 45.9 Å². The van der Waals surface area contributed by atoms with Crippen molar-refractivity contribution in [2.45, 2.75) is 78.9 Å². The minimum absolute atomic E-state index is 0. The van der Waals surface area contributed by atoms with E-state index in [1.165, 1.54) is 16.4 Å². The van der Waals surface area contributed by atoms with E-state index in [2.05, 4.69) is 81.5 Å². The van der Waals surface area contributed by atoms with Crippen LogP contribution in [0.3, 0.4) is 0 Å². The van der Waals surface area contributed by atoms with Crippen LogP contribution in [0.5, 0.6) is 0 Å². The largest absolute Gasteiger partial charge is 1.00 e. The first-order chi connectivity index (χ1) is 45.0. The zero-order chi connectivity index (χ0) is 66.5. The molecule has 3 N–H and O–H groups in total. The summed E-state index contributed by atoms with van der Waals surface area (Å²) in [5, 5.41) is 2.45. The van der Waals surface area contributed by atoms with Gasteiger partial charge >= 0.3 is 29.6 Å². The van der Waals surface area contributed by atoms with E-state index in [0.29, 0.717) is 115 Å². The van der Waals surface area contributed by atoms with Crippen LogP contribution in [-0.4, -0.2) is 199 Å². The summed E-state index contributed by atoms with van der Waals surface area (Å²) < 4.78 is 96.2. The first-order valence-corrected chi connectivity index (χ1v) is 38.7. The molecule has 97 heavy (non-hydrogen) atoms. The average molecular weight is 1410 g/mol. The number of aromatic amines is 2. The predicted molar refractivity (Wildman–Crippen MR) is 380 cm³/mol. The summed E-state index contributed by atoms with van der Waals surface area (Å²) in [5.74, 6) is 6.14. The van der Waals surface area contributed by atoms with Crippen LogP contribution in [-0.2, 0) is 53.4 Å². The van der Waals surface area contributed by atoms with E-state index >= 15 is 0 Å². The summed E-state index contributed by atoms with van der Waals surface area (Å²) >= 11 is 0. The monoisotopic (exact) mass is 1410 g/mol. The molecule has 3 fully saturated rings. The molecule has 3 aliphatic rings. The van der Waals surface area contributed by atoms with Gasteiger partial charge in [0.25, 0.3) is 10.0 Å². The maximum atomic E-state index is 13.4. The third-order valence-electron chi connectivity index (χ3n) is 16.3. The summed E-state index contributed by atoms with van der Waals surface area (Å²) in [6.45, 7) is 19.5. The standard InChI is InChI=1S/C26H30N6O4S2.2C19H24N6O2S.CH4.Na.H2O/c1-5-37(4,33)30-23-16-24(31-14-15-36-17-19(31)3)29-25(28-23)21-10-12-27-26-22(21)11-13-32(26)38(34,35)20-8-6-18(2)7-9-20;2*1-4-28(3,26)24-16-11-17(25-9-10-27-12-13(25)2)23-19(22-16)15-6-8-21-18-14(15)5-7-20-18;;;/h6-13,16,19H,5,14-15,17H2,1-4H3;2*5-8,11,13H,4,9-10,12H2,1-3H3,(H,20,21);1H4;;1H2/q;;;;+1;/p-1/t19-,37?;13-,28+;13-,28-;;;/m111.../s1. The number of ether oxygens (including phenoxy) is 3. The van der Waals surface area contributed by atoms with Gasteiger partial charge in [-0.25, -0.2) is 69.9 Å². The maximum Gasteiger partial charge on any atom is 1.00 e. The number of morpholine rings is 3. The van der Waals surface area contributed by atoms with E-state index < -0.39 is 39.2 Å². The molecule has 0 saturated carbocycles. The molecule has 13 rings (SSSR count). The van der Waals surface area contributed by atoms with Crippen molar-refractivity contribution in [2.75, 3.05) is 110 Å². The van der Waals surface area contributed by atoms with Crippen LogP contribution in [0.25, 0.3) is 67.3 Å². The van der Waals surface area contributed by atoms with Crippen molar-refractivity contribution >= 4 is 107 Å². The molecule has 0 amide bonds. The van der Waals surface area contributed by atoms with E-state index in [0.717, 1.165) is 63.5 Å². The first kappa shape index (κ1) is 75.3. The van der Waals surface area contributed by atoms with Gasteiger partial charge in [-0.05, 0) is 76.2 Å². The Hall–Kier alpha value is -7.43. The van der Waals surface area contributed by atoms with Crippen molar-refractivity contribution in [3.8, 4) is 34.2 Å². The summed E-state index contributed by atoms with van der Waals surface area (Å²) in [7, 11) is -11.0.